The number of likely N-dealkylation sites (tertiary alicyclic amines) is 1. The number of hydrogen-bond donors (Lipinski definition) is 1. The molecule has 2 saturated heterocycles. The van der Waals surface area contributed by atoms with E-state index in [0.717, 1.165) is 11.3 Å². The van der Waals surface area contributed by atoms with E-state index in [1.165, 1.54) is 4.90 Å². The molecular formula is C18H22N2O6. The Hall–Kier alpha value is -2.61. The number of carbonyl (C=O) groups excluding carboxylic acids is 2. The molecule has 0 radical (unpaired) electrons. The molecule has 8 nitrogen and oxygen atoms in total. The van der Waals surface area contributed by atoms with E-state index in [9.17, 15) is 19.5 Å². The number of carboxylic acids is 1. The summed E-state index contributed by atoms with van der Waals surface area (Å²) in [4.78, 5) is 39.4. The molecule has 2 aliphatic rings. The summed E-state index contributed by atoms with van der Waals surface area (Å²) in [5, 5.41) is 9.28. The summed E-state index contributed by atoms with van der Waals surface area (Å²) in [5.74, 6) is -1.25. The summed E-state index contributed by atoms with van der Waals surface area (Å²) in [6, 6.07) is 6.42. The highest BCUT2D eigenvalue weighted by Gasteiger charge is 2.41. The molecule has 1 N–H and O–H groups in total. The molecule has 2 atom stereocenters. The summed E-state index contributed by atoms with van der Waals surface area (Å²) in [7, 11) is 1.59. The van der Waals surface area contributed by atoms with Crippen LogP contribution in [0.3, 0.4) is 0 Å². The number of ether oxygens (including phenoxy) is 2. The van der Waals surface area contributed by atoms with Gasteiger partial charge >= 0.3 is 5.97 Å². The van der Waals surface area contributed by atoms with Crippen molar-refractivity contribution in [1.82, 2.24) is 9.80 Å². The van der Waals surface area contributed by atoms with Crippen molar-refractivity contribution in [1.29, 1.82) is 0 Å². The minimum absolute atomic E-state index is 0.0166. The third-order valence-electron chi connectivity index (χ3n) is 4.79. The van der Waals surface area contributed by atoms with Crippen LogP contribution in [-0.4, -0.2) is 72.1 Å². The Morgan fingerprint density at radius 2 is 2.04 bits per heavy atom. The van der Waals surface area contributed by atoms with Crippen molar-refractivity contribution in [3.8, 4) is 5.75 Å². The second-order valence-electron chi connectivity index (χ2n) is 6.48. The molecule has 2 aliphatic heterocycles. The first-order chi connectivity index (χ1) is 12.5. The number of rotatable bonds is 5. The number of carboxylic acid groups (broad SMARTS) is 1. The number of amides is 2. The van der Waals surface area contributed by atoms with Gasteiger partial charge in [0.15, 0.2) is 6.04 Å². The highest BCUT2D eigenvalue weighted by Crippen LogP contribution is 2.24. The van der Waals surface area contributed by atoms with Gasteiger partial charge in [-0.2, -0.15) is 0 Å². The molecule has 1 aromatic carbocycles. The van der Waals surface area contributed by atoms with Crippen LogP contribution in [0.15, 0.2) is 24.3 Å². The van der Waals surface area contributed by atoms with E-state index in [1.54, 1.807) is 12.0 Å². The first-order valence-electron chi connectivity index (χ1n) is 8.51. The molecule has 3 rings (SSSR count). The molecule has 0 unspecified atom stereocenters. The number of morpholine rings is 1. The third kappa shape index (κ3) is 3.80. The predicted molar refractivity (Wildman–Crippen MR) is 90.5 cm³/mol. The van der Waals surface area contributed by atoms with Gasteiger partial charge in [0.2, 0.25) is 11.8 Å². The highest BCUT2D eigenvalue weighted by molar-refractivity contribution is 5.91. The maximum atomic E-state index is 12.8. The standard InChI is InChI=1S/C18H22N2O6/c1-25-14-4-2-12(3-5-14)9-19-10-13(8-16(19)21)17(22)20-6-7-26-11-15(20)18(23)24/h2-5,13,15H,6-11H2,1H3,(H,23,24)/t13-,15-/m1/s1. The predicted octanol–water partition coefficient (Wildman–Crippen LogP) is 0.356. The fourth-order valence-electron chi connectivity index (χ4n) is 3.35. The summed E-state index contributed by atoms with van der Waals surface area (Å²) in [6.07, 6.45) is 0.110. The number of methoxy groups -OCH3 is 1. The molecule has 2 amide bonds. The number of nitrogens with zero attached hydrogens (tertiary/aromatic N) is 2. The monoisotopic (exact) mass is 362 g/mol. The molecule has 0 bridgehead atoms. The average Bonchev–Trinajstić information content (AvgIpc) is 3.02. The van der Waals surface area contributed by atoms with Crippen molar-refractivity contribution in [3.63, 3.8) is 0 Å². The first-order valence-corrected chi connectivity index (χ1v) is 8.51. The Bertz CT molecular complexity index is 689. The zero-order valence-electron chi connectivity index (χ0n) is 14.6. The fourth-order valence-corrected chi connectivity index (χ4v) is 3.35. The van der Waals surface area contributed by atoms with Gasteiger partial charge in [-0.3, -0.25) is 9.59 Å². The quantitative estimate of drug-likeness (QED) is 0.812. The second kappa shape index (κ2) is 7.74. The minimum Gasteiger partial charge on any atom is -0.497 e. The van der Waals surface area contributed by atoms with Crippen molar-refractivity contribution in [3.05, 3.63) is 29.8 Å². The molecular weight excluding hydrogens is 340 g/mol. The molecule has 0 aromatic heterocycles. The van der Waals surface area contributed by atoms with Gasteiger partial charge < -0.3 is 24.4 Å². The van der Waals surface area contributed by atoms with Crippen LogP contribution in [0.25, 0.3) is 0 Å². The zero-order chi connectivity index (χ0) is 18.7. The molecule has 8 heteroatoms. The van der Waals surface area contributed by atoms with Gasteiger partial charge in [-0.1, -0.05) is 12.1 Å². The van der Waals surface area contributed by atoms with E-state index in [-0.39, 0.29) is 31.4 Å². The highest BCUT2D eigenvalue weighted by atomic mass is 16.5. The molecule has 26 heavy (non-hydrogen) atoms. The lowest BCUT2D eigenvalue weighted by Gasteiger charge is -2.34. The molecule has 0 aliphatic carbocycles. The molecule has 2 heterocycles. The van der Waals surface area contributed by atoms with Crippen LogP contribution in [0.2, 0.25) is 0 Å². The van der Waals surface area contributed by atoms with Crippen LogP contribution < -0.4 is 4.74 Å². The van der Waals surface area contributed by atoms with Gasteiger partial charge in [0.1, 0.15) is 5.75 Å². The summed E-state index contributed by atoms with van der Waals surface area (Å²) in [5.41, 5.74) is 0.946. The van der Waals surface area contributed by atoms with E-state index in [1.807, 2.05) is 24.3 Å². The van der Waals surface area contributed by atoms with Crippen LogP contribution in [-0.2, 0) is 25.7 Å². The number of carbonyl (C=O) groups is 3. The van der Waals surface area contributed by atoms with E-state index >= 15 is 0 Å². The van der Waals surface area contributed by atoms with Crippen LogP contribution in [0.4, 0.5) is 0 Å². The number of benzene rings is 1. The number of aliphatic carboxylic acids is 1. The summed E-state index contributed by atoms with van der Waals surface area (Å²) in [6.45, 7) is 1.24. The Labute approximate surface area is 151 Å². The van der Waals surface area contributed by atoms with E-state index in [0.29, 0.717) is 19.7 Å². The lowest BCUT2D eigenvalue weighted by atomic mass is 10.1. The Morgan fingerprint density at radius 1 is 1.31 bits per heavy atom. The topological polar surface area (TPSA) is 96.4 Å². The van der Waals surface area contributed by atoms with E-state index in [2.05, 4.69) is 0 Å². The summed E-state index contributed by atoms with van der Waals surface area (Å²) >= 11 is 0. The van der Waals surface area contributed by atoms with Crippen LogP contribution >= 0.6 is 0 Å². The molecule has 0 saturated carbocycles. The molecule has 2 fully saturated rings. The van der Waals surface area contributed by atoms with Gasteiger partial charge in [0.05, 0.1) is 26.2 Å². The molecule has 0 spiro atoms. The van der Waals surface area contributed by atoms with Crippen molar-refractivity contribution in [2.75, 3.05) is 33.4 Å². The average molecular weight is 362 g/mol. The van der Waals surface area contributed by atoms with Gasteiger partial charge in [0.25, 0.3) is 0 Å². The number of hydrogen-bond acceptors (Lipinski definition) is 5. The van der Waals surface area contributed by atoms with Gasteiger partial charge in [-0.15, -0.1) is 0 Å². The summed E-state index contributed by atoms with van der Waals surface area (Å²) < 4.78 is 10.3. The Morgan fingerprint density at radius 3 is 2.69 bits per heavy atom. The van der Waals surface area contributed by atoms with Crippen molar-refractivity contribution < 1.29 is 29.0 Å². The van der Waals surface area contributed by atoms with Crippen molar-refractivity contribution in [2.24, 2.45) is 5.92 Å². The molecule has 140 valence electrons. The van der Waals surface area contributed by atoms with Crippen LogP contribution in [0.1, 0.15) is 12.0 Å². The maximum Gasteiger partial charge on any atom is 0.328 e. The van der Waals surface area contributed by atoms with Gasteiger partial charge in [0, 0.05) is 26.1 Å². The van der Waals surface area contributed by atoms with Gasteiger partial charge in [-0.05, 0) is 17.7 Å². The van der Waals surface area contributed by atoms with Crippen LogP contribution in [0, 0.1) is 5.92 Å². The first kappa shape index (κ1) is 18.2. The second-order valence-corrected chi connectivity index (χ2v) is 6.48. The van der Waals surface area contributed by atoms with Crippen molar-refractivity contribution in [2.45, 2.75) is 19.0 Å². The van der Waals surface area contributed by atoms with E-state index < -0.39 is 17.9 Å². The smallest absolute Gasteiger partial charge is 0.328 e. The lowest BCUT2D eigenvalue weighted by Crippen LogP contribution is -2.54. The largest absolute Gasteiger partial charge is 0.497 e. The SMILES string of the molecule is COc1ccc(CN2C[C@H](C(=O)N3CCOC[C@@H]3C(=O)O)CC2=O)cc1. The Kier molecular flexibility index (Phi) is 5.41. The zero-order valence-corrected chi connectivity index (χ0v) is 14.6. The third-order valence-corrected chi connectivity index (χ3v) is 4.79. The van der Waals surface area contributed by atoms with Crippen molar-refractivity contribution >= 4 is 17.8 Å². The lowest BCUT2D eigenvalue weighted by molar-refractivity contribution is -0.160. The maximum absolute atomic E-state index is 12.8. The fraction of sp³-hybridized carbons (Fsp3) is 0.500. The van der Waals surface area contributed by atoms with Gasteiger partial charge in [-0.25, -0.2) is 4.79 Å². The normalized spacial score (nSPS) is 23.2. The molecule has 1 aromatic rings. The Balaban J connectivity index is 1.64. The van der Waals surface area contributed by atoms with E-state index in [4.69, 9.17) is 9.47 Å². The van der Waals surface area contributed by atoms with Crippen LogP contribution in [0.5, 0.6) is 5.75 Å². The minimum atomic E-state index is -1.09.